The average Bonchev–Trinajstić information content (AvgIpc) is 3.01. The Balaban J connectivity index is 2.20. The molecule has 2 aromatic heterocycles. The summed E-state index contributed by atoms with van der Waals surface area (Å²) in [6, 6.07) is 0. The summed E-state index contributed by atoms with van der Waals surface area (Å²) < 4.78 is 4.00. The van der Waals surface area contributed by atoms with Crippen molar-refractivity contribution in [3.05, 3.63) is 33.4 Å². The summed E-state index contributed by atoms with van der Waals surface area (Å²) in [5.41, 5.74) is 1.17. The van der Waals surface area contributed by atoms with Crippen molar-refractivity contribution in [2.45, 2.75) is 13.8 Å². The Hall–Kier alpha value is -2.06. The molecule has 6 nitrogen and oxygen atoms in total. The summed E-state index contributed by atoms with van der Waals surface area (Å²) in [5.74, 6) is -1.41. The smallest absolute Gasteiger partial charge is 0.340 e. The highest BCUT2D eigenvalue weighted by atomic mass is 32.1. The highest BCUT2D eigenvalue weighted by Crippen LogP contribution is 2.28. The topological polar surface area (TPSA) is 83.4 Å². The van der Waals surface area contributed by atoms with Gasteiger partial charge in [-0.2, -0.15) is 4.37 Å². The number of aromatic carboxylic acids is 1. The number of likely N-dealkylation sites (N-methyl/N-ethyl adjacent to an activating group) is 1. The fourth-order valence-electron chi connectivity index (χ4n) is 1.66. The molecular formula is C13H13N3O3S2. The lowest BCUT2D eigenvalue weighted by Gasteiger charge is -2.13. The van der Waals surface area contributed by atoms with Crippen molar-refractivity contribution >= 4 is 45.8 Å². The van der Waals surface area contributed by atoms with E-state index >= 15 is 0 Å². The van der Waals surface area contributed by atoms with Gasteiger partial charge in [0.2, 0.25) is 0 Å². The van der Waals surface area contributed by atoms with Gasteiger partial charge in [0.05, 0.1) is 16.4 Å². The van der Waals surface area contributed by atoms with Crippen molar-refractivity contribution in [1.82, 2.24) is 9.36 Å². The molecule has 110 valence electrons. The van der Waals surface area contributed by atoms with E-state index in [9.17, 15) is 14.7 Å². The number of anilines is 1. The van der Waals surface area contributed by atoms with Gasteiger partial charge >= 0.3 is 5.97 Å². The molecule has 0 radical (unpaired) electrons. The second-order valence-electron chi connectivity index (χ2n) is 4.28. The zero-order chi connectivity index (χ0) is 15.6. The second-order valence-corrected chi connectivity index (χ2v) is 6.09. The maximum absolute atomic E-state index is 12.1. The first-order valence-electron chi connectivity index (χ1n) is 5.97. The molecule has 1 amide bonds. The molecule has 8 heteroatoms. The van der Waals surface area contributed by atoms with Crippen molar-refractivity contribution in [2.75, 3.05) is 11.9 Å². The Morgan fingerprint density at radius 2 is 2.10 bits per heavy atom. The first kappa shape index (κ1) is 15.3. The first-order valence-corrected chi connectivity index (χ1v) is 7.63. The standard InChI is InChI=1S/C13H13N3O3S2/c1-7-11(13(18)19)12(21-15-7)16(3)10(17)5-4-9-6-20-8(2)14-9/h4-6H,1-3H3,(H,18,19). The van der Waals surface area contributed by atoms with Gasteiger partial charge < -0.3 is 10.0 Å². The number of carboxylic acid groups (broad SMARTS) is 1. The molecule has 0 aliphatic rings. The summed E-state index contributed by atoms with van der Waals surface area (Å²) in [6.45, 7) is 3.49. The predicted molar refractivity (Wildman–Crippen MR) is 83.1 cm³/mol. The molecule has 21 heavy (non-hydrogen) atoms. The second kappa shape index (κ2) is 6.15. The minimum atomic E-state index is -1.09. The van der Waals surface area contributed by atoms with Crippen LogP contribution in [0.3, 0.4) is 0 Å². The molecule has 0 bridgehead atoms. The molecule has 1 N–H and O–H groups in total. The van der Waals surface area contributed by atoms with Crippen LogP contribution in [0.1, 0.15) is 26.8 Å². The van der Waals surface area contributed by atoms with Crippen LogP contribution >= 0.6 is 22.9 Å². The van der Waals surface area contributed by atoms with Crippen LogP contribution in [0.2, 0.25) is 0 Å². The lowest BCUT2D eigenvalue weighted by molar-refractivity contribution is -0.113. The molecule has 2 heterocycles. The van der Waals surface area contributed by atoms with Crippen LogP contribution in [0.25, 0.3) is 6.08 Å². The van der Waals surface area contributed by atoms with E-state index in [1.54, 1.807) is 13.0 Å². The van der Waals surface area contributed by atoms with E-state index in [1.165, 1.54) is 29.4 Å². The van der Waals surface area contributed by atoms with E-state index < -0.39 is 5.97 Å². The predicted octanol–water partition coefficient (Wildman–Crippen LogP) is 2.59. The average molecular weight is 323 g/mol. The lowest BCUT2D eigenvalue weighted by atomic mass is 10.2. The number of aromatic nitrogens is 2. The fraction of sp³-hybridized carbons (Fsp3) is 0.231. The van der Waals surface area contributed by atoms with Gasteiger partial charge in [-0.1, -0.05) is 0 Å². The zero-order valence-corrected chi connectivity index (χ0v) is 13.3. The lowest BCUT2D eigenvalue weighted by Crippen LogP contribution is -2.24. The minimum Gasteiger partial charge on any atom is -0.478 e. The number of thiazole rings is 1. The fourth-order valence-corrected chi connectivity index (χ4v) is 3.09. The molecule has 0 aromatic carbocycles. The number of amides is 1. The maximum atomic E-state index is 12.1. The molecule has 0 unspecified atom stereocenters. The number of carboxylic acids is 1. The van der Waals surface area contributed by atoms with E-state index in [1.807, 2.05) is 12.3 Å². The number of carbonyl (C=O) groups is 2. The van der Waals surface area contributed by atoms with Crippen LogP contribution in [0.15, 0.2) is 11.5 Å². The maximum Gasteiger partial charge on any atom is 0.340 e. The summed E-state index contributed by atoms with van der Waals surface area (Å²) >= 11 is 2.49. The van der Waals surface area contributed by atoms with Gasteiger partial charge in [-0.3, -0.25) is 4.79 Å². The van der Waals surface area contributed by atoms with Gasteiger partial charge in [-0.05, 0) is 31.5 Å². The van der Waals surface area contributed by atoms with Crippen LogP contribution in [-0.4, -0.2) is 33.4 Å². The molecule has 0 spiro atoms. The Morgan fingerprint density at radius 3 is 2.67 bits per heavy atom. The van der Waals surface area contributed by atoms with E-state index in [-0.39, 0.29) is 11.5 Å². The molecule has 2 aromatic rings. The normalized spacial score (nSPS) is 11.0. The molecule has 0 saturated carbocycles. The number of carbonyl (C=O) groups excluding carboxylic acids is 1. The van der Waals surface area contributed by atoms with Crippen LogP contribution in [-0.2, 0) is 4.79 Å². The summed E-state index contributed by atoms with van der Waals surface area (Å²) in [4.78, 5) is 28.8. The third-order valence-corrected chi connectivity index (χ3v) is 4.54. The SMILES string of the molecule is Cc1nc(C=CC(=O)N(C)c2snc(C)c2C(=O)O)cs1. The van der Waals surface area contributed by atoms with Gasteiger partial charge in [0.25, 0.3) is 5.91 Å². The molecule has 0 atom stereocenters. The Morgan fingerprint density at radius 1 is 1.38 bits per heavy atom. The van der Waals surface area contributed by atoms with Crippen molar-refractivity contribution in [3.8, 4) is 0 Å². The largest absolute Gasteiger partial charge is 0.478 e. The van der Waals surface area contributed by atoms with Gasteiger partial charge in [-0.15, -0.1) is 11.3 Å². The van der Waals surface area contributed by atoms with E-state index in [0.29, 0.717) is 16.4 Å². The van der Waals surface area contributed by atoms with E-state index in [4.69, 9.17) is 0 Å². The molecule has 0 aliphatic carbocycles. The third kappa shape index (κ3) is 3.34. The highest BCUT2D eigenvalue weighted by molar-refractivity contribution is 7.11. The van der Waals surface area contributed by atoms with Crippen molar-refractivity contribution in [2.24, 2.45) is 0 Å². The Labute approximate surface area is 129 Å². The Kier molecular flexibility index (Phi) is 4.49. The van der Waals surface area contributed by atoms with Crippen molar-refractivity contribution in [1.29, 1.82) is 0 Å². The van der Waals surface area contributed by atoms with Gasteiger partial charge in [-0.25, -0.2) is 9.78 Å². The molecule has 2 rings (SSSR count). The van der Waals surface area contributed by atoms with Crippen molar-refractivity contribution in [3.63, 3.8) is 0 Å². The number of hydrogen-bond acceptors (Lipinski definition) is 6. The number of hydrogen-bond donors (Lipinski definition) is 1. The third-order valence-electron chi connectivity index (χ3n) is 2.73. The van der Waals surface area contributed by atoms with Crippen molar-refractivity contribution < 1.29 is 14.7 Å². The first-order chi connectivity index (χ1) is 9.90. The van der Waals surface area contributed by atoms with Crippen LogP contribution in [0.5, 0.6) is 0 Å². The van der Waals surface area contributed by atoms with Gasteiger partial charge in [0.15, 0.2) is 0 Å². The monoisotopic (exact) mass is 323 g/mol. The molecule has 0 aliphatic heterocycles. The number of rotatable bonds is 4. The number of nitrogens with zero attached hydrogens (tertiary/aromatic N) is 3. The van der Waals surface area contributed by atoms with Crippen LogP contribution in [0, 0.1) is 13.8 Å². The summed E-state index contributed by atoms with van der Waals surface area (Å²) in [5, 5.41) is 12.3. The summed E-state index contributed by atoms with van der Waals surface area (Å²) in [6.07, 6.45) is 2.98. The van der Waals surface area contributed by atoms with Crippen LogP contribution < -0.4 is 4.90 Å². The summed E-state index contributed by atoms with van der Waals surface area (Å²) in [7, 11) is 1.53. The molecular weight excluding hydrogens is 310 g/mol. The van der Waals surface area contributed by atoms with E-state index in [2.05, 4.69) is 9.36 Å². The zero-order valence-electron chi connectivity index (χ0n) is 11.7. The van der Waals surface area contributed by atoms with Gasteiger partial charge in [0.1, 0.15) is 10.6 Å². The number of aryl methyl sites for hydroxylation is 2. The molecule has 0 saturated heterocycles. The highest BCUT2D eigenvalue weighted by Gasteiger charge is 2.22. The van der Waals surface area contributed by atoms with Crippen LogP contribution in [0.4, 0.5) is 5.00 Å². The molecule has 0 fully saturated rings. The minimum absolute atomic E-state index is 0.0637. The quantitative estimate of drug-likeness (QED) is 0.874. The van der Waals surface area contributed by atoms with E-state index in [0.717, 1.165) is 16.5 Å². The van der Waals surface area contributed by atoms with Gasteiger partial charge in [0, 0.05) is 18.5 Å². The Bertz CT molecular complexity index is 718.